The van der Waals surface area contributed by atoms with Gasteiger partial charge in [0, 0.05) is 10.9 Å². The molecular formula is C20H11NNiO2. The number of aromatic amines is 1. The number of hydrogen-bond acceptors (Lipinski definition) is 2. The molecule has 0 unspecified atom stereocenters. The Kier molecular flexibility index (Phi) is 4.33. The first kappa shape index (κ1) is 16.2. The fraction of sp³-hybridized carbons (Fsp3) is 0. The number of rotatable bonds is 2. The van der Waals surface area contributed by atoms with Crippen LogP contribution in [0.15, 0.2) is 65.5 Å². The normalized spacial score (nSPS) is 10.5. The van der Waals surface area contributed by atoms with Crippen molar-refractivity contribution in [3.63, 3.8) is 0 Å². The third kappa shape index (κ3) is 2.66. The van der Waals surface area contributed by atoms with Gasteiger partial charge in [0.2, 0.25) is 0 Å². The summed E-state index contributed by atoms with van der Waals surface area (Å²) in [6.07, 6.45) is 0. The van der Waals surface area contributed by atoms with E-state index in [-0.39, 0.29) is 27.7 Å². The van der Waals surface area contributed by atoms with Gasteiger partial charge in [-0.15, -0.1) is 59.7 Å². The van der Waals surface area contributed by atoms with Gasteiger partial charge in [-0.2, -0.15) is 0 Å². The summed E-state index contributed by atoms with van der Waals surface area (Å²) in [5.41, 5.74) is 2.21. The molecular weight excluding hydrogens is 345 g/mol. The fourth-order valence-electron chi connectivity index (χ4n) is 2.67. The number of benzene rings is 3. The molecule has 3 nitrogen and oxygen atoms in total. The molecule has 1 aromatic heterocycles. The van der Waals surface area contributed by atoms with Gasteiger partial charge in [-0.1, -0.05) is 12.1 Å². The largest absolute Gasteiger partial charge is 2.00 e. The predicted octanol–water partition coefficient (Wildman–Crippen LogP) is 3.51. The first-order valence-corrected chi connectivity index (χ1v) is 7.22. The second-order valence-electron chi connectivity index (χ2n) is 5.28. The van der Waals surface area contributed by atoms with E-state index in [1.165, 1.54) is 0 Å². The minimum absolute atomic E-state index is 0. The maximum absolute atomic E-state index is 12.5. The minimum Gasteiger partial charge on any atom is -0.371 e. The topological polar surface area (TPSA) is 49.9 Å². The second-order valence-corrected chi connectivity index (χ2v) is 5.28. The SMILES string of the molecule is O=C(c1[c-]cccc1)c1[c-]cc2c(=O)c3ccccc3[nH]c2c1.[Ni+2]. The summed E-state index contributed by atoms with van der Waals surface area (Å²) >= 11 is 0. The molecule has 0 spiro atoms. The number of carbonyl (C=O) groups is 1. The van der Waals surface area contributed by atoms with E-state index in [0.29, 0.717) is 27.4 Å². The van der Waals surface area contributed by atoms with Gasteiger partial charge in [-0.3, -0.25) is 4.79 Å². The number of ketones is 1. The second kappa shape index (κ2) is 6.42. The van der Waals surface area contributed by atoms with Gasteiger partial charge >= 0.3 is 16.5 Å². The zero-order valence-corrected chi connectivity index (χ0v) is 13.4. The summed E-state index contributed by atoms with van der Waals surface area (Å²) < 4.78 is 0. The van der Waals surface area contributed by atoms with E-state index < -0.39 is 0 Å². The molecule has 1 N–H and O–H groups in total. The number of H-pyrrole nitrogens is 1. The Bertz CT molecular complexity index is 1100. The zero-order valence-electron chi connectivity index (χ0n) is 12.4. The Morgan fingerprint density at radius 1 is 0.875 bits per heavy atom. The average molecular weight is 356 g/mol. The molecule has 4 aromatic rings. The summed E-state index contributed by atoms with van der Waals surface area (Å²) in [7, 11) is 0. The van der Waals surface area contributed by atoms with Crippen LogP contribution in [0.5, 0.6) is 0 Å². The molecule has 0 fully saturated rings. The number of nitrogens with one attached hydrogen (secondary N) is 1. The Morgan fingerprint density at radius 2 is 1.67 bits per heavy atom. The van der Waals surface area contributed by atoms with Crippen LogP contribution in [0.25, 0.3) is 21.8 Å². The van der Waals surface area contributed by atoms with Crippen LogP contribution in [0.2, 0.25) is 0 Å². The van der Waals surface area contributed by atoms with Crippen LogP contribution in [0.3, 0.4) is 0 Å². The molecule has 0 saturated heterocycles. The molecule has 0 amide bonds. The third-order valence-corrected chi connectivity index (χ3v) is 3.83. The standard InChI is InChI=1S/C20H11NO2.Ni/c22-19(13-6-2-1-3-7-13)14-10-11-16-18(12-14)21-17-9-5-4-8-15(17)20(16)23;/h1-6,8-9,11-12H,(H,21,23);/q-2;+2. The molecule has 118 valence electrons. The first-order chi connectivity index (χ1) is 11.2. The van der Waals surface area contributed by atoms with Gasteiger partial charge in [-0.05, 0) is 23.0 Å². The van der Waals surface area contributed by atoms with Crippen LogP contribution in [0, 0.1) is 12.1 Å². The van der Waals surface area contributed by atoms with Crippen LogP contribution in [0.1, 0.15) is 15.9 Å². The summed E-state index contributed by atoms with van der Waals surface area (Å²) in [6, 6.07) is 23.4. The molecule has 3 aromatic carbocycles. The van der Waals surface area contributed by atoms with Crippen molar-refractivity contribution in [1.29, 1.82) is 0 Å². The summed E-state index contributed by atoms with van der Waals surface area (Å²) in [5.74, 6) is -0.165. The molecule has 24 heavy (non-hydrogen) atoms. The third-order valence-electron chi connectivity index (χ3n) is 3.83. The number of carbonyl (C=O) groups excluding carboxylic acids is 1. The number of hydrogen-bond donors (Lipinski definition) is 1. The molecule has 0 aliphatic rings. The van der Waals surface area contributed by atoms with Crippen molar-refractivity contribution < 1.29 is 21.3 Å². The van der Waals surface area contributed by atoms with Crippen LogP contribution < -0.4 is 5.43 Å². The maximum Gasteiger partial charge on any atom is 2.00 e. The van der Waals surface area contributed by atoms with Gasteiger partial charge in [0.15, 0.2) is 5.43 Å². The quantitative estimate of drug-likeness (QED) is 0.259. The Hall–Kier alpha value is -2.71. The summed E-state index contributed by atoms with van der Waals surface area (Å²) in [6.45, 7) is 0. The van der Waals surface area contributed by atoms with Gasteiger partial charge in [0.05, 0.1) is 5.78 Å². The molecule has 4 rings (SSSR count). The van der Waals surface area contributed by atoms with Crippen molar-refractivity contribution in [2.75, 3.05) is 0 Å². The molecule has 0 bridgehead atoms. The van der Waals surface area contributed by atoms with E-state index in [4.69, 9.17) is 0 Å². The van der Waals surface area contributed by atoms with Crippen molar-refractivity contribution in [3.05, 3.63) is 94.1 Å². The van der Waals surface area contributed by atoms with E-state index >= 15 is 0 Å². The maximum atomic E-state index is 12.5. The minimum atomic E-state index is -0.165. The molecule has 0 aliphatic carbocycles. The fourth-order valence-corrected chi connectivity index (χ4v) is 2.67. The molecule has 0 saturated carbocycles. The molecule has 1 heterocycles. The van der Waals surface area contributed by atoms with Crippen molar-refractivity contribution in [1.82, 2.24) is 4.98 Å². The van der Waals surface area contributed by atoms with Crippen LogP contribution >= 0.6 is 0 Å². The van der Waals surface area contributed by atoms with Gasteiger partial charge in [-0.25, -0.2) is 0 Å². The molecule has 4 heteroatoms. The molecule has 0 aliphatic heterocycles. The van der Waals surface area contributed by atoms with Crippen molar-refractivity contribution in [3.8, 4) is 0 Å². The molecule has 0 atom stereocenters. The van der Waals surface area contributed by atoms with E-state index in [2.05, 4.69) is 17.1 Å². The van der Waals surface area contributed by atoms with E-state index in [9.17, 15) is 9.59 Å². The summed E-state index contributed by atoms with van der Waals surface area (Å²) in [5, 5.41) is 1.15. The number of aromatic nitrogens is 1. The van der Waals surface area contributed by atoms with Gasteiger partial charge < -0.3 is 9.78 Å². The smallest absolute Gasteiger partial charge is 0.371 e. The Labute approximate surface area is 148 Å². The van der Waals surface area contributed by atoms with E-state index in [0.717, 1.165) is 5.52 Å². The monoisotopic (exact) mass is 355 g/mol. The van der Waals surface area contributed by atoms with Crippen LogP contribution in [-0.4, -0.2) is 10.8 Å². The van der Waals surface area contributed by atoms with Crippen molar-refractivity contribution >= 4 is 27.6 Å². The van der Waals surface area contributed by atoms with E-state index in [1.807, 2.05) is 24.3 Å². The number of fused-ring (bicyclic) bond motifs is 2. The summed E-state index contributed by atoms with van der Waals surface area (Å²) in [4.78, 5) is 28.2. The van der Waals surface area contributed by atoms with Crippen LogP contribution in [0.4, 0.5) is 0 Å². The van der Waals surface area contributed by atoms with Crippen molar-refractivity contribution in [2.24, 2.45) is 0 Å². The zero-order chi connectivity index (χ0) is 15.8. The Balaban J connectivity index is 0.00000169. The van der Waals surface area contributed by atoms with Crippen LogP contribution in [-0.2, 0) is 16.5 Å². The van der Waals surface area contributed by atoms with Crippen molar-refractivity contribution in [2.45, 2.75) is 0 Å². The average Bonchev–Trinajstić information content (AvgIpc) is 2.61. The van der Waals surface area contributed by atoms with Gasteiger partial charge in [0.1, 0.15) is 0 Å². The molecule has 0 radical (unpaired) electrons. The predicted molar refractivity (Wildman–Crippen MR) is 89.6 cm³/mol. The van der Waals surface area contributed by atoms with Gasteiger partial charge in [0.25, 0.3) is 0 Å². The Morgan fingerprint density at radius 3 is 2.46 bits per heavy atom. The first-order valence-electron chi connectivity index (χ1n) is 7.22. The number of pyridine rings is 1. The van der Waals surface area contributed by atoms with E-state index in [1.54, 1.807) is 36.4 Å². The number of para-hydroxylation sites is 1.